The van der Waals surface area contributed by atoms with E-state index in [1.54, 1.807) is 12.1 Å². The zero-order valence-electron chi connectivity index (χ0n) is 10.1. The standard InChI is InChI=1S/C15H8Cl3N2/c16-10-3-1-9(2-4-10)15-13(8-19-20-15)12-6-5-11(17)7-14(12)18/h1-7H,(H,19,20). The first-order chi connectivity index (χ1) is 9.65. The average Bonchev–Trinajstić information content (AvgIpc) is 2.88. The van der Waals surface area contributed by atoms with Gasteiger partial charge < -0.3 is 0 Å². The van der Waals surface area contributed by atoms with Crippen LogP contribution in [0.4, 0.5) is 0 Å². The first-order valence-electron chi connectivity index (χ1n) is 5.82. The molecule has 0 spiro atoms. The fourth-order valence-corrected chi connectivity index (χ4v) is 2.59. The van der Waals surface area contributed by atoms with Crippen LogP contribution in [0.15, 0.2) is 42.5 Å². The largest absolute Gasteiger partial charge is 0.277 e. The van der Waals surface area contributed by atoms with Gasteiger partial charge in [0, 0.05) is 26.7 Å². The minimum Gasteiger partial charge on any atom is -0.277 e. The van der Waals surface area contributed by atoms with E-state index in [2.05, 4.69) is 16.4 Å². The Kier molecular flexibility index (Phi) is 3.70. The lowest BCUT2D eigenvalue weighted by molar-refractivity contribution is 1.09. The van der Waals surface area contributed by atoms with E-state index in [-0.39, 0.29) is 0 Å². The van der Waals surface area contributed by atoms with Crippen LogP contribution >= 0.6 is 34.8 Å². The van der Waals surface area contributed by atoms with Gasteiger partial charge in [0.2, 0.25) is 0 Å². The lowest BCUT2D eigenvalue weighted by Crippen LogP contribution is -1.84. The SMILES string of the molecule is Clc1ccc(-c2[nH]n[c]c2-c2ccc(Cl)cc2Cl)cc1. The summed E-state index contributed by atoms with van der Waals surface area (Å²) in [6.07, 6.45) is 2.93. The van der Waals surface area contributed by atoms with Gasteiger partial charge in [-0.15, -0.1) is 0 Å². The molecule has 0 fully saturated rings. The van der Waals surface area contributed by atoms with E-state index in [9.17, 15) is 0 Å². The molecule has 20 heavy (non-hydrogen) atoms. The van der Waals surface area contributed by atoms with Gasteiger partial charge in [0.25, 0.3) is 0 Å². The molecule has 0 aliphatic heterocycles. The number of rotatable bonds is 2. The number of H-pyrrole nitrogens is 1. The molecule has 1 N–H and O–H groups in total. The molecule has 0 aliphatic rings. The first-order valence-corrected chi connectivity index (χ1v) is 6.96. The maximum Gasteiger partial charge on any atom is 0.122 e. The van der Waals surface area contributed by atoms with Crippen molar-refractivity contribution < 1.29 is 0 Å². The van der Waals surface area contributed by atoms with Crippen molar-refractivity contribution in [1.82, 2.24) is 10.2 Å². The molecule has 0 bridgehead atoms. The van der Waals surface area contributed by atoms with Crippen LogP contribution in [0.2, 0.25) is 15.1 Å². The van der Waals surface area contributed by atoms with Crippen molar-refractivity contribution in [2.24, 2.45) is 0 Å². The third-order valence-electron chi connectivity index (χ3n) is 2.92. The van der Waals surface area contributed by atoms with Gasteiger partial charge in [0.05, 0.1) is 10.7 Å². The van der Waals surface area contributed by atoms with Crippen molar-refractivity contribution >= 4 is 34.8 Å². The molecule has 1 aromatic heterocycles. The molecule has 3 aromatic rings. The second kappa shape index (κ2) is 5.49. The van der Waals surface area contributed by atoms with Crippen LogP contribution in [0.5, 0.6) is 0 Å². The molecule has 0 saturated carbocycles. The Bertz CT molecular complexity index is 748. The Morgan fingerprint density at radius 1 is 0.900 bits per heavy atom. The Labute approximate surface area is 131 Å². The molecular weight excluding hydrogens is 315 g/mol. The van der Waals surface area contributed by atoms with Gasteiger partial charge in [-0.05, 0) is 24.3 Å². The van der Waals surface area contributed by atoms with Crippen LogP contribution in [0.1, 0.15) is 0 Å². The van der Waals surface area contributed by atoms with Crippen molar-refractivity contribution in [1.29, 1.82) is 0 Å². The quantitative estimate of drug-likeness (QED) is 0.662. The van der Waals surface area contributed by atoms with Crippen LogP contribution in [-0.4, -0.2) is 10.2 Å². The molecule has 0 amide bonds. The number of aromatic nitrogens is 2. The minimum absolute atomic E-state index is 0.561. The van der Waals surface area contributed by atoms with Gasteiger partial charge in [-0.1, -0.05) is 53.0 Å². The van der Waals surface area contributed by atoms with E-state index in [4.69, 9.17) is 34.8 Å². The third-order valence-corrected chi connectivity index (χ3v) is 3.72. The Balaban J connectivity index is 2.12. The Morgan fingerprint density at radius 3 is 2.30 bits per heavy atom. The van der Waals surface area contributed by atoms with E-state index < -0.39 is 0 Å². The predicted molar refractivity (Wildman–Crippen MR) is 83.3 cm³/mol. The lowest BCUT2D eigenvalue weighted by atomic mass is 10.0. The normalized spacial score (nSPS) is 10.8. The van der Waals surface area contributed by atoms with E-state index in [0.29, 0.717) is 15.1 Å². The van der Waals surface area contributed by atoms with Crippen molar-refractivity contribution in [3.63, 3.8) is 0 Å². The van der Waals surface area contributed by atoms with E-state index in [1.807, 2.05) is 30.3 Å². The maximum absolute atomic E-state index is 6.24. The van der Waals surface area contributed by atoms with Gasteiger partial charge >= 0.3 is 0 Å². The number of halogens is 3. The molecule has 0 aliphatic carbocycles. The molecule has 0 saturated heterocycles. The fraction of sp³-hybridized carbons (Fsp3) is 0. The van der Waals surface area contributed by atoms with Crippen LogP contribution in [0.25, 0.3) is 22.4 Å². The molecule has 5 heteroatoms. The highest BCUT2D eigenvalue weighted by Crippen LogP contribution is 2.35. The molecule has 0 atom stereocenters. The summed E-state index contributed by atoms with van der Waals surface area (Å²) in [5.41, 5.74) is 3.43. The second-order valence-corrected chi connectivity index (χ2v) is 5.50. The van der Waals surface area contributed by atoms with Crippen molar-refractivity contribution in [2.45, 2.75) is 0 Å². The molecule has 3 rings (SSSR count). The van der Waals surface area contributed by atoms with Crippen molar-refractivity contribution in [2.75, 3.05) is 0 Å². The summed E-state index contributed by atoms with van der Waals surface area (Å²) in [4.78, 5) is 0. The zero-order valence-corrected chi connectivity index (χ0v) is 12.4. The van der Waals surface area contributed by atoms with Gasteiger partial charge in [0.15, 0.2) is 0 Å². The third kappa shape index (κ3) is 2.55. The Hall–Kier alpha value is -1.48. The second-order valence-electron chi connectivity index (χ2n) is 4.22. The number of benzene rings is 2. The number of aromatic amines is 1. The summed E-state index contributed by atoms with van der Waals surface area (Å²) in [6.45, 7) is 0. The predicted octanol–water partition coefficient (Wildman–Crippen LogP) is 5.50. The summed E-state index contributed by atoms with van der Waals surface area (Å²) >= 11 is 18.1. The summed E-state index contributed by atoms with van der Waals surface area (Å²) in [5, 5.41) is 8.76. The van der Waals surface area contributed by atoms with E-state index in [0.717, 1.165) is 22.4 Å². The molecule has 99 valence electrons. The molecule has 0 unspecified atom stereocenters. The molecule has 2 nitrogen and oxygen atoms in total. The molecular formula is C15H8Cl3N2. The average molecular weight is 323 g/mol. The number of nitrogens with zero attached hydrogens (tertiary/aromatic N) is 1. The highest BCUT2D eigenvalue weighted by Gasteiger charge is 2.13. The van der Waals surface area contributed by atoms with Crippen LogP contribution in [0, 0.1) is 6.20 Å². The summed E-state index contributed by atoms with van der Waals surface area (Å²) in [6, 6.07) is 12.8. The Morgan fingerprint density at radius 2 is 1.60 bits per heavy atom. The lowest BCUT2D eigenvalue weighted by Gasteiger charge is -2.06. The summed E-state index contributed by atoms with van der Waals surface area (Å²) in [7, 11) is 0. The van der Waals surface area contributed by atoms with Gasteiger partial charge in [0.1, 0.15) is 6.20 Å². The van der Waals surface area contributed by atoms with Gasteiger partial charge in [-0.25, -0.2) is 0 Å². The highest BCUT2D eigenvalue weighted by molar-refractivity contribution is 6.36. The van der Waals surface area contributed by atoms with Crippen LogP contribution in [0.3, 0.4) is 0 Å². The molecule has 2 aromatic carbocycles. The molecule has 1 radical (unpaired) electrons. The topological polar surface area (TPSA) is 28.7 Å². The van der Waals surface area contributed by atoms with Gasteiger partial charge in [-0.2, -0.15) is 5.10 Å². The summed E-state index contributed by atoms with van der Waals surface area (Å²) < 4.78 is 0. The summed E-state index contributed by atoms with van der Waals surface area (Å²) in [5.74, 6) is 0. The van der Waals surface area contributed by atoms with E-state index >= 15 is 0 Å². The first kappa shape index (κ1) is 13.5. The fourth-order valence-electron chi connectivity index (χ4n) is 1.96. The smallest absolute Gasteiger partial charge is 0.122 e. The van der Waals surface area contributed by atoms with E-state index in [1.165, 1.54) is 0 Å². The van der Waals surface area contributed by atoms with Gasteiger partial charge in [-0.3, -0.25) is 5.10 Å². The monoisotopic (exact) mass is 321 g/mol. The zero-order chi connectivity index (χ0) is 14.1. The number of hydrogen-bond acceptors (Lipinski definition) is 1. The number of nitrogens with one attached hydrogen (secondary N) is 1. The molecule has 1 heterocycles. The maximum atomic E-state index is 6.24. The van der Waals surface area contributed by atoms with Crippen molar-refractivity contribution in [3.05, 3.63) is 63.7 Å². The number of hydrogen-bond donors (Lipinski definition) is 1. The van der Waals surface area contributed by atoms with Crippen LogP contribution < -0.4 is 0 Å². The van der Waals surface area contributed by atoms with Crippen molar-refractivity contribution in [3.8, 4) is 22.4 Å². The van der Waals surface area contributed by atoms with Crippen LogP contribution in [-0.2, 0) is 0 Å². The minimum atomic E-state index is 0.561. The highest BCUT2D eigenvalue weighted by atomic mass is 35.5.